The number of amides is 2. The molecule has 0 atom stereocenters. The van der Waals surface area contributed by atoms with Gasteiger partial charge in [0.15, 0.2) is 0 Å². The summed E-state index contributed by atoms with van der Waals surface area (Å²) in [6.45, 7) is 5.27. The topological polar surface area (TPSA) is 52.7 Å². The summed E-state index contributed by atoms with van der Waals surface area (Å²) in [5, 5.41) is 2.87. The molecule has 0 radical (unpaired) electrons. The van der Waals surface area contributed by atoms with Gasteiger partial charge in [-0.25, -0.2) is 0 Å². The van der Waals surface area contributed by atoms with Crippen LogP contribution >= 0.6 is 0 Å². The molecule has 1 N–H and O–H groups in total. The second-order valence-corrected chi connectivity index (χ2v) is 6.72. The molecule has 1 aliphatic carbocycles. The summed E-state index contributed by atoms with van der Waals surface area (Å²) in [6, 6.07) is 7.68. The van der Waals surface area contributed by atoms with Crippen molar-refractivity contribution in [2.75, 3.05) is 32.0 Å². The van der Waals surface area contributed by atoms with Crippen LogP contribution in [0.15, 0.2) is 36.0 Å². The van der Waals surface area contributed by atoms with Crippen LogP contribution in [0.25, 0.3) is 0 Å². The fraction of sp³-hybridized carbons (Fsp3) is 0.500. The standard InChI is InChI=1S/C20H29N3O2/c1-4-13-23(18-7-5-6-8-18)20(25)15-22(3)14-19(24)21-17-11-9-16(2)10-12-17/h7,9-12H,4-6,8,13-15H2,1-3H3,(H,21,24). The van der Waals surface area contributed by atoms with E-state index in [1.807, 2.05) is 36.1 Å². The van der Waals surface area contributed by atoms with Gasteiger partial charge in [-0.3, -0.25) is 14.5 Å². The molecular weight excluding hydrogens is 314 g/mol. The van der Waals surface area contributed by atoms with Crippen LogP contribution in [0.1, 0.15) is 38.2 Å². The number of aryl methyl sites for hydroxylation is 1. The Bertz CT molecular complexity index is 622. The molecular formula is C20H29N3O2. The first-order valence-electron chi connectivity index (χ1n) is 9.04. The maximum atomic E-state index is 12.6. The van der Waals surface area contributed by atoms with E-state index in [2.05, 4.69) is 18.3 Å². The van der Waals surface area contributed by atoms with Gasteiger partial charge in [0.05, 0.1) is 13.1 Å². The van der Waals surface area contributed by atoms with E-state index in [-0.39, 0.29) is 24.9 Å². The maximum Gasteiger partial charge on any atom is 0.240 e. The molecule has 0 heterocycles. The summed E-state index contributed by atoms with van der Waals surface area (Å²) in [5.74, 6) is -0.0399. The Labute approximate surface area is 150 Å². The highest BCUT2D eigenvalue weighted by Crippen LogP contribution is 2.22. The average molecular weight is 343 g/mol. The fourth-order valence-corrected chi connectivity index (χ4v) is 3.01. The fourth-order valence-electron chi connectivity index (χ4n) is 3.01. The third kappa shape index (κ3) is 6.02. The van der Waals surface area contributed by atoms with Crippen molar-refractivity contribution in [3.8, 4) is 0 Å². The van der Waals surface area contributed by atoms with Crippen LogP contribution in [0.4, 0.5) is 5.69 Å². The molecule has 25 heavy (non-hydrogen) atoms. The SMILES string of the molecule is CCCN(C(=O)CN(C)CC(=O)Nc1ccc(C)cc1)C1=CCCC1. The number of benzene rings is 1. The number of carbonyl (C=O) groups is 2. The van der Waals surface area contributed by atoms with Crippen molar-refractivity contribution in [1.82, 2.24) is 9.80 Å². The van der Waals surface area contributed by atoms with Gasteiger partial charge in [0, 0.05) is 17.9 Å². The van der Waals surface area contributed by atoms with Gasteiger partial charge in [0.2, 0.25) is 11.8 Å². The molecule has 0 unspecified atom stereocenters. The maximum absolute atomic E-state index is 12.6. The van der Waals surface area contributed by atoms with Crippen LogP contribution in [-0.2, 0) is 9.59 Å². The Morgan fingerprint density at radius 2 is 1.88 bits per heavy atom. The summed E-state index contributed by atoms with van der Waals surface area (Å²) < 4.78 is 0. The lowest BCUT2D eigenvalue weighted by atomic mass is 10.2. The monoisotopic (exact) mass is 343 g/mol. The number of hydrogen-bond donors (Lipinski definition) is 1. The Kier molecular flexibility index (Phi) is 7.19. The third-order valence-electron chi connectivity index (χ3n) is 4.27. The Hall–Kier alpha value is -2.14. The van der Waals surface area contributed by atoms with E-state index in [0.717, 1.165) is 49.2 Å². The van der Waals surface area contributed by atoms with Gasteiger partial charge >= 0.3 is 0 Å². The van der Waals surface area contributed by atoms with E-state index in [9.17, 15) is 9.59 Å². The molecule has 0 aromatic heterocycles. The Morgan fingerprint density at radius 3 is 2.48 bits per heavy atom. The van der Waals surface area contributed by atoms with Crippen molar-refractivity contribution in [3.63, 3.8) is 0 Å². The summed E-state index contributed by atoms with van der Waals surface area (Å²) in [6.07, 6.45) is 6.25. The lowest BCUT2D eigenvalue weighted by Crippen LogP contribution is -2.41. The molecule has 2 rings (SSSR count). The summed E-state index contributed by atoms with van der Waals surface area (Å²) in [7, 11) is 1.81. The van der Waals surface area contributed by atoms with Gasteiger partial charge in [0.25, 0.3) is 0 Å². The molecule has 0 fully saturated rings. The van der Waals surface area contributed by atoms with Crippen LogP contribution in [0.5, 0.6) is 0 Å². The molecule has 0 bridgehead atoms. The lowest BCUT2D eigenvalue weighted by molar-refractivity contribution is -0.130. The number of anilines is 1. The number of likely N-dealkylation sites (N-methyl/N-ethyl adjacent to an activating group) is 1. The molecule has 5 heteroatoms. The highest BCUT2D eigenvalue weighted by Gasteiger charge is 2.21. The van der Waals surface area contributed by atoms with Crippen molar-refractivity contribution in [1.29, 1.82) is 0 Å². The number of nitrogens with one attached hydrogen (secondary N) is 1. The highest BCUT2D eigenvalue weighted by atomic mass is 16.2. The van der Waals surface area contributed by atoms with Gasteiger partial charge in [-0.1, -0.05) is 30.7 Å². The van der Waals surface area contributed by atoms with Crippen molar-refractivity contribution >= 4 is 17.5 Å². The van der Waals surface area contributed by atoms with Gasteiger partial charge in [0.1, 0.15) is 0 Å². The number of nitrogens with zero attached hydrogens (tertiary/aromatic N) is 2. The van der Waals surface area contributed by atoms with Crippen LogP contribution in [0.3, 0.4) is 0 Å². The number of allylic oxidation sites excluding steroid dienone is 2. The molecule has 0 saturated heterocycles. The van der Waals surface area contributed by atoms with Crippen molar-refractivity contribution in [2.24, 2.45) is 0 Å². The van der Waals surface area contributed by atoms with Crippen LogP contribution in [0.2, 0.25) is 0 Å². The normalized spacial score (nSPS) is 13.7. The van der Waals surface area contributed by atoms with E-state index in [0.29, 0.717) is 0 Å². The minimum absolute atomic E-state index is 0.0700. The van der Waals surface area contributed by atoms with E-state index in [4.69, 9.17) is 0 Å². The summed E-state index contributed by atoms with van der Waals surface area (Å²) >= 11 is 0. The zero-order chi connectivity index (χ0) is 18.2. The molecule has 1 aromatic carbocycles. The smallest absolute Gasteiger partial charge is 0.240 e. The highest BCUT2D eigenvalue weighted by molar-refractivity contribution is 5.92. The molecule has 1 aromatic rings. The first-order chi connectivity index (χ1) is 12.0. The van der Waals surface area contributed by atoms with Crippen molar-refractivity contribution < 1.29 is 9.59 Å². The zero-order valence-corrected chi connectivity index (χ0v) is 15.5. The molecule has 5 nitrogen and oxygen atoms in total. The molecule has 2 amide bonds. The van der Waals surface area contributed by atoms with Gasteiger partial charge < -0.3 is 10.2 Å². The number of hydrogen-bond acceptors (Lipinski definition) is 3. The van der Waals surface area contributed by atoms with E-state index < -0.39 is 0 Å². The van der Waals surface area contributed by atoms with Crippen LogP contribution in [0, 0.1) is 6.92 Å². The second kappa shape index (κ2) is 9.37. The molecule has 1 aliphatic rings. The molecule has 0 saturated carbocycles. The van der Waals surface area contributed by atoms with Crippen molar-refractivity contribution in [3.05, 3.63) is 41.6 Å². The molecule has 136 valence electrons. The van der Waals surface area contributed by atoms with E-state index >= 15 is 0 Å². The largest absolute Gasteiger partial charge is 0.325 e. The van der Waals surface area contributed by atoms with Gasteiger partial charge in [-0.2, -0.15) is 0 Å². The predicted octanol–water partition coefficient (Wildman–Crippen LogP) is 3.17. The predicted molar refractivity (Wildman–Crippen MR) is 101 cm³/mol. The van der Waals surface area contributed by atoms with Gasteiger partial charge in [-0.05, 0) is 51.8 Å². The quantitative estimate of drug-likeness (QED) is 0.789. The van der Waals surface area contributed by atoms with Gasteiger partial charge in [-0.15, -0.1) is 0 Å². The average Bonchev–Trinajstić information content (AvgIpc) is 3.08. The molecule has 0 aliphatic heterocycles. The lowest BCUT2D eigenvalue weighted by Gasteiger charge is -2.26. The zero-order valence-electron chi connectivity index (χ0n) is 15.5. The second-order valence-electron chi connectivity index (χ2n) is 6.72. The summed E-state index contributed by atoms with van der Waals surface area (Å²) in [5.41, 5.74) is 3.07. The molecule has 0 spiro atoms. The first-order valence-corrected chi connectivity index (χ1v) is 9.04. The van der Waals surface area contributed by atoms with E-state index in [1.165, 1.54) is 0 Å². The van der Waals surface area contributed by atoms with E-state index in [1.54, 1.807) is 11.9 Å². The third-order valence-corrected chi connectivity index (χ3v) is 4.27. The van der Waals surface area contributed by atoms with Crippen molar-refractivity contribution in [2.45, 2.75) is 39.5 Å². The first kappa shape index (κ1) is 19.2. The Morgan fingerprint density at radius 1 is 1.16 bits per heavy atom. The minimum Gasteiger partial charge on any atom is -0.325 e. The minimum atomic E-state index is -0.110. The number of carbonyl (C=O) groups excluding carboxylic acids is 2. The number of rotatable bonds is 8. The summed E-state index contributed by atoms with van der Waals surface area (Å²) in [4.78, 5) is 28.4. The Balaban J connectivity index is 1.84. The van der Waals surface area contributed by atoms with Crippen LogP contribution in [-0.4, -0.2) is 48.3 Å². The van der Waals surface area contributed by atoms with Crippen LogP contribution < -0.4 is 5.32 Å².